The molecule has 0 bridgehead atoms. The largest absolute Gasteiger partial charge is 0.391 e. The number of aliphatic hydroxyl groups is 1. The molecule has 5 rings (SSSR count). The molecule has 5 fully saturated rings. The Balaban J connectivity index is 1.42. The number of carbonyl (C=O) groups excluding carboxylic acids is 2. The lowest BCUT2D eigenvalue weighted by Crippen LogP contribution is -2.63. The Labute approximate surface area is 193 Å². The van der Waals surface area contributed by atoms with E-state index in [0.29, 0.717) is 30.0 Å². The summed E-state index contributed by atoms with van der Waals surface area (Å²) in [5.41, 5.74) is -0.182. The number of hydrogen-bond donors (Lipinski definition) is 1. The van der Waals surface area contributed by atoms with Gasteiger partial charge >= 0.3 is 0 Å². The third kappa shape index (κ3) is 3.36. The van der Waals surface area contributed by atoms with Crippen molar-refractivity contribution in [3.05, 3.63) is 0 Å². The Bertz CT molecular complexity index is 769. The molecule has 0 unspecified atom stereocenters. The first-order chi connectivity index (χ1) is 15.2. The zero-order valence-corrected chi connectivity index (χ0v) is 20.5. The van der Waals surface area contributed by atoms with E-state index in [1.165, 1.54) is 0 Å². The number of aliphatic hydroxyl groups excluding tert-OH is 1. The lowest BCUT2D eigenvalue weighted by molar-refractivity contribution is -0.173. The second kappa shape index (κ2) is 8.16. The smallest absolute Gasteiger partial charge is 0.137 e. The fourth-order valence-electron chi connectivity index (χ4n) is 9.43. The van der Waals surface area contributed by atoms with Crippen molar-refractivity contribution in [2.45, 2.75) is 97.3 Å². The number of carbonyl (C=O) groups is 2. The van der Waals surface area contributed by atoms with Crippen molar-refractivity contribution in [1.82, 2.24) is 4.90 Å². The molecule has 0 radical (unpaired) electrons. The van der Waals surface area contributed by atoms with Gasteiger partial charge in [0.1, 0.15) is 11.6 Å². The van der Waals surface area contributed by atoms with Crippen molar-refractivity contribution in [2.75, 3.05) is 19.7 Å². The minimum absolute atomic E-state index is 0.0421. The molecular formula is C27H43NO4. The molecule has 0 aromatic rings. The highest BCUT2D eigenvalue weighted by Gasteiger charge is 2.64. The normalized spacial score (nSPS) is 51.6. The van der Waals surface area contributed by atoms with Crippen molar-refractivity contribution in [3.63, 3.8) is 0 Å². The summed E-state index contributed by atoms with van der Waals surface area (Å²) in [6, 6.07) is 0.127. The average Bonchev–Trinajstić information content (AvgIpc) is 3.10. The molecule has 0 spiro atoms. The molecule has 4 saturated carbocycles. The minimum Gasteiger partial charge on any atom is -0.391 e. The van der Waals surface area contributed by atoms with Crippen LogP contribution in [0.1, 0.15) is 79.1 Å². The summed E-state index contributed by atoms with van der Waals surface area (Å²) in [6.45, 7) is 11.0. The highest BCUT2D eigenvalue weighted by Crippen LogP contribution is 2.66. The molecule has 10 atom stereocenters. The first-order valence-corrected chi connectivity index (χ1v) is 13.3. The highest BCUT2D eigenvalue weighted by atomic mass is 16.5. The molecule has 5 aliphatic rings. The first-order valence-electron chi connectivity index (χ1n) is 13.3. The van der Waals surface area contributed by atoms with Crippen LogP contribution in [0, 0.1) is 40.4 Å². The lowest BCUT2D eigenvalue weighted by Gasteiger charge is -2.61. The standard InChI is InChI=1S/C27H43NO4/c1-5-18-15-28(10-11-32-18)22-13-26(3)17(12-23(22)30)6-7-19-21-9-8-20(16(2)29)27(21,4)14-24(31)25(19)26/h17-23,25,30H,5-15H2,1-4H3/t17-,18-,19-,20+,21-,22-,23-,25+,26-,27+/m0/s1. The van der Waals surface area contributed by atoms with Crippen molar-refractivity contribution in [1.29, 1.82) is 0 Å². The second-order valence-corrected chi connectivity index (χ2v) is 12.4. The van der Waals surface area contributed by atoms with E-state index >= 15 is 0 Å². The summed E-state index contributed by atoms with van der Waals surface area (Å²) in [5.74, 6) is 2.19. The van der Waals surface area contributed by atoms with Gasteiger partial charge < -0.3 is 9.84 Å². The van der Waals surface area contributed by atoms with Gasteiger partial charge in [0.25, 0.3) is 0 Å². The number of ketones is 2. The molecule has 5 heteroatoms. The Hall–Kier alpha value is -0.780. The highest BCUT2D eigenvalue weighted by molar-refractivity contribution is 5.87. The first kappa shape index (κ1) is 23.0. The van der Waals surface area contributed by atoms with Gasteiger partial charge in [0.2, 0.25) is 0 Å². The van der Waals surface area contributed by atoms with Crippen molar-refractivity contribution in [2.24, 2.45) is 40.4 Å². The SMILES string of the molecule is CC[C@H]1CN([C@H]2C[C@@]3(C)[C@@H](CC[C@H]4[C@@H]5CC[C@H](C(C)=O)[C@@]5(C)CC(=O)[C@@H]43)C[C@@H]2O)CCO1. The number of rotatable bonds is 3. The maximum atomic E-state index is 13.9. The summed E-state index contributed by atoms with van der Waals surface area (Å²) < 4.78 is 5.90. The predicted octanol–water partition coefficient (Wildman–Crippen LogP) is 3.86. The van der Waals surface area contributed by atoms with Gasteiger partial charge in [-0.25, -0.2) is 0 Å². The number of hydrogen-bond acceptors (Lipinski definition) is 5. The molecule has 0 amide bonds. The van der Waals surface area contributed by atoms with E-state index in [4.69, 9.17) is 4.74 Å². The van der Waals surface area contributed by atoms with Crippen LogP contribution in [0.25, 0.3) is 0 Å². The lowest BCUT2D eigenvalue weighted by atomic mass is 9.43. The third-order valence-electron chi connectivity index (χ3n) is 11.0. The molecule has 1 heterocycles. The molecule has 0 aromatic carbocycles. The molecule has 1 saturated heterocycles. The van der Waals surface area contributed by atoms with E-state index in [-0.39, 0.29) is 46.7 Å². The zero-order chi connectivity index (χ0) is 22.8. The van der Waals surface area contributed by atoms with Crippen molar-refractivity contribution in [3.8, 4) is 0 Å². The maximum Gasteiger partial charge on any atom is 0.137 e. The zero-order valence-electron chi connectivity index (χ0n) is 20.5. The monoisotopic (exact) mass is 445 g/mol. The molecule has 1 N–H and O–H groups in total. The van der Waals surface area contributed by atoms with Gasteiger partial charge in [-0.2, -0.15) is 0 Å². The van der Waals surface area contributed by atoms with Crippen LogP contribution in [0.4, 0.5) is 0 Å². The fraction of sp³-hybridized carbons (Fsp3) is 0.926. The summed E-state index contributed by atoms with van der Waals surface area (Å²) in [6.07, 6.45) is 7.53. The molecule has 4 aliphatic carbocycles. The fourth-order valence-corrected chi connectivity index (χ4v) is 9.43. The molecule has 1 aliphatic heterocycles. The van der Waals surface area contributed by atoms with Crippen LogP contribution in [0.3, 0.4) is 0 Å². The van der Waals surface area contributed by atoms with Gasteiger partial charge in [-0.15, -0.1) is 0 Å². The van der Waals surface area contributed by atoms with Crippen LogP contribution in [-0.2, 0) is 14.3 Å². The van der Waals surface area contributed by atoms with Gasteiger partial charge in [0, 0.05) is 37.4 Å². The van der Waals surface area contributed by atoms with Crippen molar-refractivity contribution < 1.29 is 19.4 Å². The number of morpholine rings is 1. The van der Waals surface area contributed by atoms with Crippen LogP contribution in [-0.4, -0.2) is 59.5 Å². The Kier molecular flexibility index (Phi) is 5.86. The van der Waals surface area contributed by atoms with E-state index in [1.54, 1.807) is 6.92 Å². The molecule has 0 aromatic heterocycles. The Morgan fingerprint density at radius 1 is 1.19 bits per heavy atom. The molecular weight excluding hydrogens is 402 g/mol. The summed E-state index contributed by atoms with van der Waals surface area (Å²) in [5, 5.41) is 11.2. The van der Waals surface area contributed by atoms with Crippen LogP contribution in [0.5, 0.6) is 0 Å². The molecule has 5 nitrogen and oxygen atoms in total. The van der Waals surface area contributed by atoms with E-state index in [0.717, 1.165) is 64.6 Å². The van der Waals surface area contributed by atoms with Gasteiger partial charge in [-0.1, -0.05) is 20.8 Å². The predicted molar refractivity (Wildman–Crippen MR) is 123 cm³/mol. The van der Waals surface area contributed by atoms with Gasteiger partial charge in [-0.05, 0) is 80.5 Å². The molecule has 32 heavy (non-hydrogen) atoms. The second-order valence-electron chi connectivity index (χ2n) is 12.4. The Morgan fingerprint density at radius 2 is 1.97 bits per heavy atom. The van der Waals surface area contributed by atoms with Crippen LogP contribution >= 0.6 is 0 Å². The van der Waals surface area contributed by atoms with E-state index in [9.17, 15) is 14.7 Å². The van der Waals surface area contributed by atoms with Gasteiger partial charge in [0.05, 0.1) is 18.8 Å². The topological polar surface area (TPSA) is 66.8 Å². The summed E-state index contributed by atoms with van der Waals surface area (Å²) >= 11 is 0. The quantitative estimate of drug-likeness (QED) is 0.714. The number of nitrogens with zero attached hydrogens (tertiary/aromatic N) is 1. The van der Waals surface area contributed by atoms with Crippen LogP contribution in [0.15, 0.2) is 0 Å². The Morgan fingerprint density at radius 3 is 2.69 bits per heavy atom. The van der Waals surface area contributed by atoms with E-state index in [2.05, 4.69) is 25.7 Å². The number of fused-ring (bicyclic) bond motifs is 5. The van der Waals surface area contributed by atoms with E-state index < -0.39 is 0 Å². The third-order valence-corrected chi connectivity index (χ3v) is 11.0. The average molecular weight is 446 g/mol. The number of Topliss-reactive ketones (excluding diaryl/α,β-unsaturated/α-hetero) is 2. The van der Waals surface area contributed by atoms with Gasteiger partial charge in [0.15, 0.2) is 0 Å². The summed E-state index contributed by atoms with van der Waals surface area (Å²) in [7, 11) is 0. The van der Waals surface area contributed by atoms with Crippen molar-refractivity contribution >= 4 is 11.6 Å². The van der Waals surface area contributed by atoms with Gasteiger partial charge in [-0.3, -0.25) is 14.5 Å². The summed E-state index contributed by atoms with van der Waals surface area (Å²) in [4.78, 5) is 28.7. The van der Waals surface area contributed by atoms with Crippen LogP contribution in [0.2, 0.25) is 0 Å². The minimum atomic E-state index is -0.308. The van der Waals surface area contributed by atoms with E-state index in [1.807, 2.05) is 0 Å². The maximum absolute atomic E-state index is 13.9. The van der Waals surface area contributed by atoms with Crippen LogP contribution < -0.4 is 0 Å². The number of ether oxygens (including phenoxy) is 1. The molecule has 180 valence electrons.